The quantitative estimate of drug-likeness (QED) is 0.795. The van der Waals surface area contributed by atoms with E-state index in [1.54, 1.807) is 14.2 Å². The highest BCUT2D eigenvalue weighted by molar-refractivity contribution is 5.98. The zero-order chi connectivity index (χ0) is 19.5. The summed E-state index contributed by atoms with van der Waals surface area (Å²) in [5, 5.41) is 0. The Bertz CT molecular complexity index is 810. The van der Waals surface area contributed by atoms with Gasteiger partial charge in [-0.25, -0.2) is 0 Å². The molecular formula is C23H28N2O3. The Hall–Kier alpha value is -2.53. The molecule has 28 heavy (non-hydrogen) atoms. The molecule has 2 aliphatic rings. The molecule has 4 rings (SSSR count). The third-order valence-electron chi connectivity index (χ3n) is 6.00. The molecule has 0 aromatic heterocycles. The van der Waals surface area contributed by atoms with E-state index in [1.165, 1.54) is 12.0 Å². The molecule has 2 unspecified atom stereocenters. The number of rotatable bonds is 5. The van der Waals surface area contributed by atoms with Crippen molar-refractivity contribution in [1.29, 1.82) is 0 Å². The van der Waals surface area contributed by atoms with Crippen molar-refractivity contribution in [2.45, 2.75) is 37.9 Å². The minimum absolute atomic E-state index is 0.0343. The summed E-state index contributed by atoms with van der Waals surface area (Å²) >= 11 is 0. The van der Waals surface area contributed by atoms with Gasteiger partial charge in [0.25, 0.3) is 5.91 Å². The summed E-state index contributed by atoms with van der Waals surface area (Å²) in [4.78, 5) is 17.9. The smallest absolute Gasteiger partial charge is 0.257 e. The average molecular weight is 380 g/mol. The number of hydrogen-bond acceptors (Lipinski definition) is 4. The second-order valence-electron chi connectivity index (χ2n) is 7.65. The van der Waals surface area contributed by atoms with Crippen LogP contribution in [0, 0.1) is 0 Å². The third kappa shape index (κ3) is 3.59. The summed E-state index contributed by atoms with van der Waals surface area (Å²) in [5.74, 6) is 1.15. The average Bonchev–Trinajstić information content (AvgIpc) is 2.73. The van der Waals surface area contributed by atoms with Crippen LogP contribution in [-0.2, 0) is 6.54 Å². The monoisotopic (exact) mass is 380 g/mol. The molecule has 2 fully saturated rings. The van der Waals surface area contributed by atoms with Gasteiger partial charge in [0.05, 0.1) is 19.8 Å². The maximum Gasteiger partial charge on any atom is 0.257 e. The summed E-state index contributed by atoms with van der Waals surface area (Å²) in [6, 6.07) is 16.9. The van der Waals surface area contributed by atoms with Gasteiger partial charge in [-0.2, -0.15) is 0 Å². The first-order chi connectivity index (χ1) is 13.7. The van der Waals surface area contributed by atoms with Crippen molar-refractivity contribution in [2.75, 3.05) is 27.3 Å². The van der Waals surface area contributed by atoms with Gasteiger partial charge in [-0.05, 0) is 30.5 Å². The number of piperazine rings is 1. The lowest BCUT2D eigenvalue weighted by atomic mass is 9.90. The number of ether oxygens (including phenoxy) is 2. The molecule has 2 saturated heterocycles. The zero-order valence-electron chi connectivity index (χ0n) is 16.6. The van der Waals surface area contributed by atoms with Crippen LogP contribution in [0.4, 0.5) is 0 Å². The van der Waals surface area contributed by atoms with Gasteiger partial charge in [0, 0.05) is 31.7 Å². The molecule has 0 spiro atoms. The second kappa shape index (κ2) is 8.23. The van der Waals surface area contributed by atoms with Gasteiger partial charge in [0.1, 0.15) is 0 Å². The van der Waals surface area contributed by atoms with E-state index in [-0.39, 0.29) is 5.91 Å². The van der Waals surface area contributed by atoms with Crippen molar-refractivity contribution in [1.82, 2.24) is 9.80 Å². The first-order valence-electron chi connectivity index (χ1n) is 10.0. The van der Waals surface area contributed by atoms with E-state index in [0.717, 1.165) is 32.5 Å². The van der Waals surface area contributed by atoms with Crippen LogP contribution in [0.1, 0.15) is 35.2 Å². The Labute approximate surface area is 166 Å². The van der Waals surface area contributed by atoms with Crippen LogP contribution in [0.15, 0.2) is 48.5 Å². The fraction of sp³-hybridized carbons (Fsp3) is 0.435. The maximum absolute atomic E-state index is 13.3. The molecule has 0 radical (unpaired) electrons. The van der Waals surface area contributed by atoms with Crippen molar-refractivity contribution < 1.29 is 14.3 Å². The van der Waals surface area contributed by atoms with Crippen molar-refractivity contribution in [3.05, 3.63) is 59.7 Å². The summed E-state index contributed by atoms with van der Waals surface area (Å²) in [6.45, 7) is 2.49. The number of para-hydroxylation sites is 1. The minimum atomic E-state index is 0.0343. The molecule has 0 saturated carbocycles. The number of benzene rings is 2. The normalized spacial score (nSPS) is 22.0. The number of methoxy groups -OCH3 is 2. The van der Waals surface area contributed by atoms with Crippen molar-refractivity contribution in [3.8, 4) is 11.5 Å². The van der Waals surface area contributed by atoms with E-state index < -0.39 is 0 Å². The van der Waals surface area contributed by atoms with E-state index in [0.29, 0.717) is 29.1 Å². The topological polar surface area (TPSA) is 42.0 Å². The Kier molecular flexibility index (Phi) is 5.53. The molecule has 1 amide bonds. The highest BCUT2D eigenvalue weighted by Crippen LogP contribution is 2.34. The number of hydrogen-bond donors (Lipinski definition) is 0. The van der Waals surface area contributed by atoms with Gasteiger partial charge in [-0.1, -0.05) is 42.8 Å². The molecule has 2 aromatic rings. The lowest BCUT2D eigenvalue weighted by molar-refractivity contribution is -0.00931. The Morgan fingerprint density at radius 2 is 1.68 bits per heavy atom. The standard InChI is InChI=1S/C23H28N2O3/c1-27-21-13-7-12-20(22(21)28-2)23(26)24-15-18-10-6-11-19(16-24)25(18)14-17-8-4-3-5-9-17/h3-5,7-9,12-13,18-19H,6,10-11,14-16H2,1-2H3. The highest BCUT2D eigenvalue weighted by atomic mass is 16.5. The number of carbonyl (C=O) groups excluding carboxylic acids is 1. The van der Waals surface area contributed by atoms with Crippen molar-refractivity contribution in [3.63, 3.8) is 0 Å². The van der Waals surface area contributed by atoms with Gasteiger partial charge >= 0.3 is 0 Å². The number of carbonyl (C=O) groups is 1. The van der Waals surface area contributed by atoms with E-state index in [4.69, 9.17) is 9.47 Å². The van der Waals surface area contributed by atoms with E-state index in [2.05, 4.69) is 35.2 Å². The second-order valence-corrected chi connectivity index (χ2v) is 7.65. The summed E-state index contributed by atoms with van der Waals surface area (Å²) < 4.78 is 10.9. The lowest BCUT2D eigenvalue weighted by Crippen LogP contribution is -2.61. The van der Waals surface area contributed by atoms with Gasteiger partial charge in [-0.15, -0.1) is 0 Å². The SMILES string of the molecule is COc1cccc(C(=O)N2CC3CCCC(C2)N3Cc2ccccc2)c1OC. The third-order valence-corrected chi connectivity index (χ3v) is 6.00. The minimum Gasteiger partial charge on any atom is -0.493 e. The van der Waals surface area contributed by atoms with Gasteiger partial charge < -0.3 is 14.4 Å². The van der Waals surface area contributed by atoms with Gasteiger partial charge in [-0.3, -0.25) is 9.69 Å². The van der Waals surface area contributed by atoms with Crippen LogP contribution in [-0.4, -0.2) is 55.1 Å². The molecule has 2 aromatic carbocycles. The summed E-state index contributed by atoms with van der Waals surface area (Å²) in [7, 11) is 3.18. The van der Waals surface area contributed by atoms with Crippen LogP contribution in [0.25, 0.3) is 0 Å². The number of amides is 1. The van der Waals surface area contributed by atoms with E-state index in [1.807, 2.05) is 23.1 Å². The van der Waals surface area contributed by atoms with Crippen molar-refractivity contribution >= 4 is 5.91 Å². The number of fused-ring (bicyclic) bond motifs is 2. The van der Waals surface area contributed by atoms with Crippen LogP contribution in [0.2, 0.25) is 0 Å². The van der Waals surface area contributed by atoms with Gasteiger partial charge in [0.2, 0.25) is 0 Å². The molecule has 5 nitrogen and oxygen atoms in total. The molecule has 2 bridgehead atoms. The van der Waals surface area contributed by atoms with Gasteiger partial charge in [0.15, 0.2) is 11.5 Å². The molecule has 2 atom stereocenters. The first kappa shape index (κ1) is 18.8. The van der Waals surface area contributed by atoms with Crippen LogP contribution in [0.5, 0.6) is 11.5 Å². The molecule has 5 heteroatoms. The highest BCUT2D eigenvalue weighted by Gasteiger charge is 2.39. The Morgan fingerprint density at radius 1 is 0.964 bits per heavy atom. The first-order valence-corrected chi connectivity index (χ1v) is 10.0. The Morgan fingerprint density at radius 3 is 2.32 bits per heavy atom. The lowest BCUT2D eigenvalue weighted by Gasteiger charge is -2.50. The fourth-order valence-electron chi connectivity index (χ4n) is 4.64. The molecule has 0 aliphatic carbocycles. The van der Waals surface area contributed by atoms with E-state index >= 15 is 0 Å². The van der Waals surface area contributed by atoms with Crippen LogP contribution in [0.3, 0.4) is 0 Å². The van der Waals surface area contributed by atoms with Crippen LogP contribution >= 0.6 is 0 Å². The van der Waals surface area contributed by atoms with E-state index in [9.17, 15) is 4.79 Å². The van der Waals surface area contributed by atoms with Crippen LogP contribution < -0.4 is 9.47 Å². The summed E-state index contributed by atoms with van der Waals surface area (Å²) in [5.41, 5.74) is 1.92. The molecule has 2 heterocycles. The fourth-order valence-corrected chi connectivity index (χ4v) is 4.64. The molecule has 148 valence electrons. The predicted octanol–water partition coefficient (Wildman–Crippen LogP) is 3.58. The molecule has 0 N–H and O–H groups in total. The summed E-state index contributed by atoms with van der Waals surface area (Å²) in [6.07, 6.45) is 3.52. The maximum atomic E-state index is 13.3. The molecular weight excluding hydrogens is 352 g/mol. The molecule has 2 aliphatic heterocycles. The number of likely N-dealkylation sites (tertiary alicyclic amines) is 1. The predicted molar refractivity (Wildman–Crippen MR) is 109 cm³/mol. The number of nitrogens with zero attached hydrogens (tertiary/aromatic N) is 2. The number of piperidine rings is 1. The Balaban J connectivity index is 1.54. The zero-order valence-corrected chi connectivity index (χ0v) is 16.6. The largest absolute Gasteiger partial charge is 0.493 e. The van der Waals surface area contributed by atoms with Crippen molar-refractivity contribution in [2.24, 2.45) is 0 Å².